The Labute approximate surface area is 125 Å². The third-order valence-electron chi connectivity index (χ3n) is 4.13. The van der Waals surface area contributed by atoms with Gasteiger partial charge in [0.25, 0.3) is 0 Å². The largest absolute Gasteiger partial charge is 0.481 e. The molecule has 0 bridgehead atoms. The summed E-state index contributed by atoms with van der Waals surface area (Å²) in [5.41, 5.74) is -0.452. The van der Waals surface area contributed by atoms with E-state index in [-0.39, 0.29) is 17.9 Å². The van der Waals surface area contributed by atoms with Crippen molar-refractivity contribution in [2.45, 2.75) is 43.4 Å². The first-order chi connectivity index (χ1) is 9.94. The SMILES string of the molecule is O=C(O)CC1(CNS(=O)(=O)c2ccccc2)CCCCC1. The molecule has 2 N–H and O–H groups in total. The average molecular weight is 311 g/mol. The minimum atomic E-state index is -3.58. The molecule has 1 aromatic rings. The lowest BCUT2D eigenvalue weighted by Crippen LogP contribution is -2.40. The summed E-state index contributed by atoms with van der Waals surface area (Å²) in [7, 11) is -3.58. The molecule has 1 fully saturated rings. The van der Waals surface area contributed by atoms with E-state index in [1.54, 1.807) is 18.2 Å². The Morgan fingerprint density at radius 3 is 2.33 bits per heavy atom. The van der Waals surface area contributed by atoms with Crippen LogP contribution in [0.15, 0.2) is 35.2 Å². The molecule has 116 valence electrons. The van der Waals surface area contributed by atoms with Crippen molar-refractivity contribution in [3.05, 3.63) is 30.3 Å². The maximum atomic E-state index is 12.2. The predicted octanol–water partition coefficient (Wildman–Crippen LogP) is 2.39. The molecule has 0 aromatic heterocycles. The number of carbonyl (C=O) groups is 1. The Bertz CT molecular complexity index is 577. The van der Waals surface area contributed by atoms with Crippen molar-refractivity contribution in [3.63, 3.8) is 0 Å². The van der Waals surface area contributed by atoms with Gasteiger partial charge in [-0.3, -0.25) is 4.79 Å². The number of hydrogen-bond acceptors (Lipinski definition) is 3. The minimum Gasteiger partial charge on any atom is -0.481 e. The molecule has 0 heterocycles. The van der Waals surface area contributed by atoms with Gasteiger partial charge in [-0.1, -0.05) is 37.5 Å². The highest BCUT2D eigenvalue weighted by atomic mass is 32.2. The average Bonchev–Trinajstić information content (AvgIpc) is 2.47. The maximum Gasteiger partial charge on any atom is 0.303 e. The summed E-state index contributed by atoms with van der Waals surface area (Å²) in [5, 5.41) is 9.10. The number of carboxylic acids is 1. The number of nitrogens with one attached hydrogen (secondary N) is 1. The molecule has 6 heteroatoms. The van der Waals surface area contributed by atoms with E-state index < -0.39 is 21.4 Å². The Hall–Kier alpha value is -1.40. The molecule has 0 atom stereocenters. The fraction of sp³-hybridized carbons (Fsp3) is 0.533. The zero-order valence-electron chi connectivity index (χ0n) is 11.9. The van der Waals surface area contributed by atoms with Crippen LogP contribution in [-0.2, 0) is 14.8 Å². The molecule has 2 rings (SSSR count). The van der Waals surface area contributed by atoms with Crippen LogP contribution in [0.25, 0.3) is 0 Å². The van der Waals surface area contributed by atoms with Crippen molar-refractivity contribution in [3.8, 4) is 0 Å². The van der Waals surface area contributed by atoms with E-state index >= 15 is 0 Å². The quantitative estimate of drug-likeness (QED) is 0.845. The van der Waals surface area contributed by atoms with Gasteiger partial charge in [0.15, 0.2) is 0 Å². The van der Waals surface area contributed by atoms with Crippen LogP contribution >= 0.6 is 0 Å². The Balaban J connectivity index is 2.09. The summed E-state index contributed by atoms with van der Waals surface area (Å²) in [6.07, 6.45) is 4.55. The molecular formula is C15H21NO4S. The molecule has 1 aliphatic rings. The van der Waals surface area contributed by atoms with Crippen molar-refractivity contribution >= 4 is 16.0 Å². The van der Waals surface area contributed by atoms with Crippen molar-refractivity contribution in [2.24, 2.45) is 5.41 Å². The number of hydrogen-bond donors (Lipinski definition) is 2. The molecule has 0 amide bonds. The normalized spacial score (nSPS) is 18.3. The smallest absolute Gasteiger partial charge is 0.303 e. The summed E-state index contributed by atoms with van der Waals surface area (Å²) in [6, 6.07) is 8.16. The van der Waals surface area contributed by atoms with Gasteiger partial charge in [0.1, 0.15) is 0 Å². The van der Waals surface area contributed by atoms with Crippen LogP contribution in [0.5, 0.6) is 0 Å². The van der Waals surface area contributed by atoms with E-state index in [0.717, 1.165) is 32.1 Å². The second kappa shape index (κ2) is 6.58. The lowest BCUT2D eigenvalue weighted by atomic mass is 9.72. The van der Waals surface area contributed by atoms with Gasteiger partial charge < -0.3 is 5.11 Å². The number of rotatable bonds is 6. The van der Waals surface area contributed by atoms with Gasteiger partial charge in [0.05, 0.1) is 11.3 Å². The monoisotopic (exact) mass is 311 g/mol. The van der Waals surface area contributed by atoms with Crippen LogP contribution in [0.1, 0.15) is 38.5 Å². The molecule has 0 unspecified atom stereocenters. The van der Waals surface area contributed by atoms with Gasteiger partial charge >= 0.3 is 5.97 Å². The van der Waals surface area contributed by atoms with Gasteiger partial charge in [-0.2, -0.15) is 0 Å². The van der Waals surface area contributed by atoms with Crippen LogP contribution in [0.4, 0.5) is 0 Å². The van der Waals surface area contributed by atoms with E-state index in [1.165, 1.54) is 12.1 Å². The zero-order chi connectivity index (χ0) is 15.3. The highest BCUT2D eigenvalue weighted by Crippen LogP contribution is 2.39. The van der Waals surface area contributed by atoms with Crippen LogP contribution < -0.4 is 4.72 Å². The van der Waals surface area contributed by atoms with E-state index in [4.69, 9.17) is 5.11 Å². The second-order valence-corrected chi connectivity index (χ2v) is 7.54. The van der Waals surface area contributed by atoms with Crippen molar-refractivity contribution in [1.82, 2.24) is 4.72 Å². The molecule has 0 aliphatic heterocycles. The highest BCUT2D eigenvalue weighted by Gasteiger charge is 2.35. The predicted molar refractivity (Wildman–Crippen MR) is 79.4 cm³/mol. The number of carboxylic acid groups (broad SMARTS) is 1. The van der Waals surface area contributed by atoms with Gasteiger partial charge in [0.2, 0.25) is 10.0 Å². The van der Waals surface area contributed by atoms with Gasteiger partial charge in [-0.15, -0.1) is 0 Å². The van der Waals surface area contributed by atoms with E-state index in [1.807, 2.05) is 0 Å². The molecule has 0 radical (unpaired) electrons. The summed E-state index contributed by atoms with van der Waals surface area (Å²) >= 11 is 0. The molecular weight excluding hydrogens is 290 g/mol. The van der Waals surface area contributed by atoms with Gasteiger partial charge in [-0.05, 0) is 30.4 Å². The van der Waals surface area contributed by atoms with Crippen molar-refractivity contribution in [2.75, 3.05) is 6.54 Å². The first-order valence-corrected chi connectivity index (χ1v) is 8.68. The summed E-state index contributed by atoms with van der Waals surface area (Å²) in [5.74, 6) is -0.865. The highest BCUT2D eigenvalue weighted by molar-refractivity contribution is 7.89. The minimum absolute atomic E-state index is 0.0182. The third kappa shape index (κ3) is 4.28. The Morgan fingerprint density at radius 2 is 1.76 bits per heavy atom. The molecule has 21 heavy (non-hydrogen) atoms. The fourth-order valence-electron chi connectivity index (χ4n) is 2.97. The van der Waals surface area contributed by atoms with Crippen LogP contribution in [0, 0.1) is 5.41 Å². The third-order valence-corrected chi connectivity index (χ3v) is 5.55. The molecule has 1 aliphatic carbocycles. The lowest BCUT2D eigenvalue weighted by molar-refractivity contribution is -0.140. The standard InChI is InChI=1S/C15H21NO4S/c17-14(18)11-15(9-5-2-6-10-15)12-16-21(19,20)13-7-3-1-4-8-13/h1,3-4,7-8,16H,2,5-6,9-12H2,(H,17,18). The topological polar surface area (TPSA) is 83.5 Å². The maximum absolute atomic E-state index is 12.2. The molecule has 1 aromatic carbocycles. The van der Waals surface area contributed by atoms with Crippen molar-refractivity contribution < 1.29 is 18.3 Å². The molecule has 0 spiro atoms. The van der Waals surface area contributed by atoms with Gasteiger partial charge in [-0.25, -0.2) is 13.1 Å². The van der Waals surface area contributed by atoms with Crippen LogP contribution in [-0.4, -0.2) is 26.0 Å². The first-order valence-electron chi connectivity index (χ1n) is 7.20. The van der Waals surface area contributed by atoms with Crippen LogP contribution in [0.3, 0.4) is 0 Å². The molecule has 5 nitrogen and oxygen atoms in total. The Kier molecular flexibility index (Phi) is 5.00. The van der Waals surface area contributed by atoms with Crippen LogP contribution in [0.2, 0.25) is 0 Å². The second-order valence-electron chi connectivity index (χ2n) is 5.77. The molecule has 0 saturated heterocycles. The van der Waals surface area contributed by atoms with E-state index in [0.29, 0.717) is 0 Å². The fourth-order valence-corrected chi connectivity index (χ4v) is 4.15. The first kappa shape index (κ1) is 16.0. The lowest BCUT2D eigenvalue weighted by Gasteiger charge is -2.36. The zero-order valence-corrected chi connectivity index (χ0v) is 12.7. The van der Waals surface area contributed by atoms with Gasteiger partial charge in [0, 0.05) is 6.54 Å². The molecule has 1 saturated carbocycles. The summed E-state index contributed by atoms with van der Waals surface area (Å²) in [4.78, 5) is 11.3. The number of sulfonamides is 1. The summed E-state index contributed by atoms with van der Waals surface area (Å²) < 4.78 is 27.1. The summed E-state index contributed by atoms with van der Waals surface area (Å²) in [6.45, 7) is 0.191. The number of aliphatic carboxylic acids is 1. The number of benzene rings is 1. The van der Waals surface area contributed by atoms with Crippen molar-refractivity contribution in [1.29, 1.82) is 0 Å². The Morgan fingerprint density at radius 1 is 1.14 bits per heavy atom. The van der Waals surface area contributed by atoms with E-state index in [9.17, 15) is 13.2 Å². The van der Waals surface area contributed by atoms with E-state index in [2.05, 4.69) is 4.72 Å².